The summed E-state index contributed by atoms with van der Waals surface area (Å²) in [5, 5.41) is 5.36. The lowest BCUT2D eigenvalue weighted by Crippen LogP contribution is -2.28. The highest BCUT2D eigenvalue weighted by Gasteiger charge is 2.11. The van der Waals surface area contributed by atoms with Gasteiger partial charge in [-0.15, -0.1) is 0 Å². The van der Waals surface area contributed by atoms with Gasteiger partial charge in [0.15, 0.2) is 0 Å². The molecule has 29 heavy (non-hydrogen) atoms. The van der Waals surface area contributed by atoms with Gasteiger partial charge in [-0.05, 0) is 70.5 Å². The van der Waals surface area contributed by atoms with Crippen LogP contribution in [-0.4, -0.2) is 18.4 Å². The molecule has 7 heteroatoms. The van der Waals surface area contributed by atoms with Gasteiger partial charge in [0.25, 0.3) is 5.91 Å². The highest BCUT2D eigenvalue weighted by molar-refractivity contribution is 9.10. The second-order valence-electron chi connectivity index (χ2n) is 6.12. The van der Waals surface area contributed by atoms with Gasteiger partial charge in [-0.25, -0.2) is 4.39 Å². The molecule has 2 amide bonds. The van der Waals surface area contributed by atoms with E-state index in [9.17, 15) is 14.0 Å². The third kappa shape index (κ3) is 6.15. The molecule has 0 radical (unpaired) electrons. The molecule has 0 aliphatic rings. The van der Waals surface area contributed by atoms with Crippen molar-refractivity contribution in [1.29, 1.82) is 0 Å². The Morgan fingerprint density at radius 1 is 0.931 bits per heavy atom. The van der Waals surface area contributed by atoms with Crippen LogP contribution in [-0.2, 0) is 4.79 Å². The predicted octanol–water partition coefficient (Wildman–Crippen LogP) is 5.14. The second kappa shape index (κ2) is 9.84. The number of benzene rings is 3. The molecule has 0 aromatic heterocycles. The van der Waals surface area contributed by atoms with E-state index in [1.165, 1.54) is 12.1 Å². The van der Waals surface area contributed by atoms with E-state index in [2.05, 4.69) is 26.6 Å². The maximum Gasteiger partial charge on any atom is 0.252 e. The molecule has 5 nitrogen and oxygen atoms in total. The first-order valence-electron chi connectivity index (χ1n) is 8.87. The van der Waals surface area contributed by atoms with Gasteiger partial charge < -0.3 is 15.4 Å². The molecule has 2 N–H and O–H groups in total. The van der Waals surface area contributed by atoms with Crippen LogP contribution in [0.3, 0.4) is 0 Å². The number of halogens is 2. The van der Waals surface area contributed by atoms with E-state index < -0.39 is 11.7 Å². The molecule has 0 aliphatic heterocycles. The summed E-state index contributed by atoms with van der Waals surface area (Å²) in [7, 11) is 0. The van der Waals surface area contributed by atoms with Crippen LogP contribution in [0.25, 0.3) is 0 Å². The minimum Gasteiger partial charge on any atom is -0.457 e. The van der Waals surface area contributed by atoms with Gasteiger partial charge in [-0.3, -0.25) is 9.59 Å². The van der Waals surface area contributed by atoms with Gasteiger partial charge in [0.1, 0.15) is 17.3 Å². The zero-order valence-corrected chi connectivity index (χ0v) is 16.9. The smallest absolute Gasteiger partial charge is 0.252 e. The number of nitrogens with one attached hydrogen (secondary N) is 2. The van der Waals surface area contributed by atoms with Crippen molar-refractivity contribution in [2.75, 3.05) is 11.9 Å². The highest BCUT2D eigenvalue weighted by atomic mass is 79.9. The topological polar surface area (TPSA) is 67.4 Å². The average Bonchev–Trinajstić information content (AvgIpc) is 2.72. The first kappa shape index (κ1) is 20.5. The van der Waals surface area contributed by atoms with Gasteiger partial charge in [0, 0.05) is 23.1 Å². The third-order valence-corrected chi connectivity index (χ3v) is 4.62. The van der Waals surface area contributed by atoms with Crippen LogP contribution < -0.4 is 15.4 Å². The Balaban J connectivity index is 1.45. The number of rotatable bonds is 7. The lowest BCUT2D eigenvalue weighted by Gasteiger charge is -2.09. The van der Waals surface area contributed by atoms with Crippen molar-refractivity contribution in [2.45, 2.75) is 6.42 Å². The molecule has 0 fully saturated rings. The zero-order valence-electron chi connectivity index (χ0n) is 15.3. The van der Waals surface area contributed by atoms with E-state index in [1.54, 1.807) is 24.3 Å². The van der Waals surface area contributed by atoms with Gasteiger partial charge in [-0.1, -0.05) is 18.2 Å². The molecule has 0 atom stereocenters. The van der Waals surface area contributed by atoms with E-state index in [0.717, 1.165) is 11.8 Å². The Bertz CT molecular complexity index is 995. The fourth-order valence-corrected chi connectivity index (χ4v) is 2.94. The van der Waals surface area contributed by atoms with E-state index in [-0.39, 0.29) is 24.4 Å². The number of amides is 2. The van der Waals surface area contributed by atoms with Crippen LogP contribution in [0.5, 0.6) is 11.5 Å². The monoisotopic (exact) mass is 456 g/mol. The fraction of sp³-hybridized carbons (Fsp3) is 0.0909. The lowest BCUT2D eigenvalue weighted by atomic mass is 10.2. The number of para-hydroxylation sites is 1. The maximum absolute atomic E-state index is 13.3. The molecule has 3 aromatic carbocycles. The van der Waals surface area contributed by atoms with Crippen molar-refractivity contribution in [2.24, 2.45) is 0 Å². The highest BCUT2D eigenvalue weighted by Crippen LogP contribution is 2.22. The summed E-state index contributed by atoms with van der Waals surface area (Å²) < 4.78 is 19.5. The molecule has 0 unspecified atom stereocenters. The minimum atomic E-state index is -0.504. The molecular formula is C22H18BrFN2O3. The normalized spacial score (nSPS) is 10.3. The number of carbonyl (C=O) groups is 2. The number of ether oxygens (including phenoxy) is 1. The van der Waals surface area contributed by atoms with Crippen molar-refractivity contribution in [3.05, 3.63) is 88.6 Å². The third-order valence-electron chi connectivity index (χ3n) is 3.93. The summed E-state index contributed by atoms with van der Waals surface area (Å²) in [6.07, 6.45) is 0.0843. The first-order valence-corrected chi connectivity index (χ1v) is 9.66. The standard InChI is InChI=1S/C22H18BrFN2O3/c23-20-11-6-15(24)14-19(20)22(28)25-13-12-21(27)26-16-7-9-18(10-8-16)29-17-4-2-1-3-5-17/h1-11,14H,12-13H2,(H,25,28)(H,26,27). The Kier molecular flexibility index (Phi) is 6.97. The Labute approximate surface area is 176 Å². The SMILES string of the molecule is O=C(CCNC(=O)c1cc(F)ccc1Br)Nc1ccc(Oc2ccccc2)cc1. The van der Waals surface area contributed by atoms with E-state index in [0.29, 0.717) is 15.9 Å². The molecule has 0 aliphatic carbocycles. The Morgan fingerprint density at radius 3 is 2.34 bits per heavy atom. The Hall–Kier alpha value is -3.19. The van der Waals surface area contributed by atoms with E-state index in [1.807, 2.05) is 30.3 Å². The van der Waals surface area contributed by atoms with Crippen molar-refractivity contribution < 1.29 is 18.7 Å². The fourth-order valence-electron chi connectivity index (χ4n) is 2.51. The minimum absolute atomic E-state index is 0.0843. The van der Waals surface area contributed by atoms with Gasteiger partial charge >= 0.3 is 0 Å². The molecule has 148 valence electrons. The molecule has 0 saturated carbocycles. The summed E-state index contributed by atoms with van der Waals surface area (Å²) in [6.45, 7) is 0.128. The first-order chi connectivity index (χ1) is 14.0. The molecule has 3 rings (SSSR count). The summed E-state index contributed by atoms with van der Waals surface area (Å²) >= 11 is 3.21. The largest absolute Gasteiger partial charge is 0.457 e. The van der Waals surface area contributed by atoms with Gasteiger partial charge in [0.05, 0.1) is 5.56 Å². The van der Waals surface area contributed by atoms with Crippen LogP contribution in [0.15, 0.2) is 77.3 Å². The lowest BCUT2D eigenvalue weighted by molar-refractivity contribution is -0.116. The van der Waals surface area contributed by atoms with Crippen LogP contribution in [0.1, 0.15) is 16.8 Å². The number of anilines is 1. The quantitative estimate of drug-likeness (QED) is 0.517. The zero-order chi connectivity index (χ0) is 20.6. The molecule has 0 saturated heterocycles. The van der Waals surface area contributed by atoms with Crippen molar-refractivity contribution in [3.8, 4) is 11.5 Å². The number of carbonyl (C=O) groups excluding carboxylic acids is 2. The maximum atomic E-state index is 13.3. The van der Waals surface area contributed by atoms with Crippen molar-refractivity contribution in [1.82, 2.24) is 5.32 Å². The van der Waals surface area contributed by atoms with Gasteiger partial charge in [-0.2, -0.15) is 0 Å². The summed E-state index contributed by atoms with van der Waals surface area (Å²) in [4.78, 5) is 24.2. The van der Waals surface area contributed by atoms with Crippen LogP contribution in [0.2, 0.25) is 0 Å². The van der Waals surface area contributed by atoms with Crippen LogP contribution in [0.4, 0.5) is 10.1 Å². The van der Waals surface area contributed by atoms with Crippen molar-refractivity contribution in [3.63, 3.8) is 0 Å². The van der Waals surface area contributed by atoms with E-state index >= 15 is 0 Å². The molecule has 0 spiro atoms. The molecule has 0 heterocycles. The van der Waals surface area contributed by atoms with E-state index in [4.69, 9.17) is 4.74 Å². The summed E-state index contributed by atoms with van der Waals surface area (Å²) in [5.41, 5.74) is 0.800. The molecular weight excluding hydrogens is 439 g/mol. The molecule has 0 bridgehead atoms. The van der Waals surface area contributed by atoms with Crippen molar-refractivity contribution >= 4 is 33.4 Å². The number of hydrogen-bond acceptors (Lipinski definition) is 3. The van der Waals surface area contributed by atoms with Crippen LogP contribution >= 0.6 is 15.9 Å². The van der Waals surface area contributed by atoms with Gasteiger partial charge in [0.2, 0.25) is 5.91 Å². The summed E-state index contributed by atoms with van der Waals surface area (Å²) in [5.74, 6) is 0.176. The summed E-state index contributed by atoms with van der Waals surface area (Å²) in [6, 6.07) is 20.2. The Morgan fingerprint density at radius 2 is 1.62 bits per heavy atom. The predicted molar refractivity (Wildman–Crippen MR) is 113 cm³/mol. The average molecular weight is 457 g/mol. The molecule has 3 aromatic rings. The second-order valence-corrected chi connectivity index (χ2v) is 6.97. The number of hydrogen-bond donors (Lipinski definition) is 2. The van der Waals surface area contributed by atoms with Crippen LogP contribution in [0, 0.1) is 5.82 Å².